The van der Waals surface area contributed by atoms with Crippen LogP contribution in [0.2, 0.25) is 0 Å². The number of hydrogen-bond donors (Lipinski definition) is 0. The standard InChI is InChI=1S/C14H16N2O/c1-10-7-14(12(3)17)11(2)16(10)9-13-5-4-6-15-8-13/h4-8H,9H2,1-3H3. The first-order valence-electron chi connectivity index (χ1n) is 5.66. The molecule has 3 nitrogen and oxygen atoms in total. The third-order valence-electron chi connectivity index (χ3n) is 3.02. The smallest absolute Gasteiger partial charge is 0.161 e. The number of nitrogens with zero attached hydrogens (tertiary/aromatic N) is 2. The molecular weight excluding hydrogens is 212 g/mol. The third-order valence-corrected chi connectivity index (χ3v) is 3.02. The summed E-state index contributed by atoms with van der Waals surface area (Å²) in [4.78, 5) is 15.6. The highest BCUT2D eigenvalue weighted by Crippen LogP contribution is 2.17. The van der Waals surface area contributed by atoms with Crippen LogP contribution in [0, 0.1) is 13.8 Å². The van der Waals surface area contributed by atoms with Crippen molar-refractivity contribution in [3.8, 4) is 0 Å². The molecule has 0 spiro atoms. The zero-order valence-corrected chi connectivity index (χ0v) is 10.4. The van der Waals surface area contributed by atoms with Gasteiger partial charge in [-0.15, -0.1) is 0 Å². The van der Waals surface area contributed by atoms with Gasteiger partial charge < -0.3 is 4.57 Å². The minimum absolute atomic E-state index is 0.121. The Morgan fingerprint density at radius 1 is 1.41 bits per heavy atom. The van der Waals surface area contributed by atoms with Crippen LogP contribution in [0.25, 0.3) is 0 Å². The lowest BCUT2D eigenvalue weighted by atomic mass is 10.2. The van der Waals surface area contributed by atoms with Crippen molar-refractivity contribution in [1.29, 1.82) is 0 Å². The monoisotopic (exact) mass is 228 g/mol. The summed E-state index contributed by atoms with van der Waals surface area (Å²) in [6, 6.07) is 5.92. The van der Waals surface area contributed by atoms with E-state index in [0.29, 0.717) is 0 Å². The molecule has 0 radical (unpaired) electrons. The normalized spacial score (nSPS) is 10.5. The van der Waals surface area contributed by atoms with E-state index in [0.717, 1.165) is 29.1 Å². The molecule has 0 aliphatic heterocycles. The molecule has 2 aromatic heterocycles. The van der Waals surface area contributed by atoms with Crippen molar-refractivity contribution in [1.82, 2.24) is 9.55 Å². The van der Waals surface area contributed by atoms with Crippen molar-refractivity contribution in [3.63, 3.8) is 0 Å². The molecule has 0 saturated carbocycles. The van der Waals surface area contributed by atoms with Gasteiger partial charge in [-0.25, -0.2) is 0 Å². The molecule has 2 rings (SSSR count). The predicted octanol–water partition coefficient (Wildman–Crippen LogP) is 2.75. The number of carbonyl (C=O) groups is 1. The average Bonchev–Trinajstić information content (AvgIpc) is 2.58. The van der Waals surface area contributed by atoms with E-state index in [2.05, 4.69) is 9.55 Å². The van der Waals surface area contributed by atoms with Gasteiger partial charge in [0.15, 0.2) is 5.78 Å². The van der Waals surface area contributed by atoms with Crippen LogP contribution in [0.15, 0.2) is 30.6 Å². The topological polar surface area (TPSA) is 34.9 Å². The van der Waals surface area contributed by atoms with Crippen molar-refractivity contribution in [3.05, 3.63) is 53.1 Å². The van der Waals surface area contributed by atoms with Gasteiger partial charge in [-0.2, -0.15) is 0 Å². The Balaban J connectivity index is 2.37. The summed E-state index contributed by atoms with van der Waals surface area (Å²) in [6.07, 6.45) is 3.62. The molecule has 3 heteroatoms. The summed E-state index contributed by atoms with van der Waals surface area (Å²) in [5.41, 5.74) is 4.09. The number of hydrogen-bond acceptors (Lipinski definition) is 2. The van der Waals surface area contributed by atoms with Crippen molar-refractivity contribution in [2.45, 2.75) is 27.3 Å². The summed E-state index contributed by atoms with van der Waals surface area (Å²) in [7, 11) is 0. The van der Waals surface area contributed by atoms with E-state index in [4.69, 9.17) is 0 Å². The quantitative estimate of drug-likeness (QED) is 0.757. The molecule has 0 saturated heterocycles. The molecule has 2 heterocycles. The summed E-state index contributed by atoms with van der Waals surface area (Å²) in [5.74, 6) is 0.121. The zero-order chi connectivity index (χ0) is 12.4. The van der Waals surface area contributed by atoms with Crippen LogP contribution >= 0.6 is 0 Å². The number of ketones is 1. The van der Waals surface area contributed by atoms with E-state index in [1.165, 1.54) is 0 Å². The van der Waals surface area contributed by atoms with E-state index < -0.39 is 0 Å². The summed E-state index contributed by atoms with van der Waals surface area (Å²) in [5, 5.41) is 0. The first-order valence-corrected chi connectivity index (χ1v) is 5.66. The second-order valence-electron chi connectivity index (χ2n) is 4.29. The summed E-state index contributed by atoms with van der Waals surface area (Å²) >= 11 is 0. The van der Waals surface area contributed by atoms with Gasteiger partial charge in [0.05, 0.1) is 0 Å². The SMILES string of the molecule is CC(=O)c1cc(C)n(Cc2cccnc2)c1C. The van der Waals surface area contributed by atoms with Gasteiger partial charge in [0, 0.05) is 35.9 Å². The second-order valence-corrected chi connectivity index (χ2v) is 4.29. The molecule has 0 fully saturated rings. The Hall–Kier alpha value is -1.90. The molecule has 88 valence electrons. The Kier molecular flexibility index (Phi) is 3.09. The minimum Gasteiger partial charge on any atom is -0.344 e. The maximum absolute atomic E-state index is 11.5. The first kappa shape index (κ1) is 11.6. The fourth-order valence-electron chi connectivity index (χ4n) is 2.08. The molecule has 17 heavy (non-hydrogen) atoms. The Morgan fingerprint density at radius 2 is 2.18 bits per heavy atom. The number of pyridine rings is 1. The van der Waals surface area contributed by atoms with Crippen molar-refractivity contribution in [2.24, 2.45) is 0 Å². The maximum Gasteiger partial charge on any atom is 0.161 e. The number of aromatic nitrogens is 2. The Morgan fingerprint density at radius 3 is 2.71 bits per heavy atom. The summed E-state index contributed by atoms with van der Waals surface area (Å²) in [6.45, 7) is 6.38. The van der Waals surface area contributed by atoms with Gasteiger partial charge >= 0.3 is 0 Å². The van der Waals surface area contributed by atoms with E-state index >= 15 is 0 Å². The van der Waals surface area contributed by atoms with Gasteiger partial charge in [0.2, 0.25) is 0 Å². The number of carbonyl (C=O) groups excluding carboxylic acids is 1. The molecule has 0 aromatic carbocycles. The number of Topliss-reactive ketones (excluding diaryl/α,β-unsaturated/α-hetero) is 1. The second kappa shape index (κ2) is 4.53. The Labute approximate surface area is 101 Å². The van der Waals surface area contributed by atoms with E-state index in [1.54, 1.807) is 13.1 Å². The van der Waals surface area contributed by atoms with Crippen LogP contribution < -0.4 is 0 Å². The highest BCUT2D eigenvalue weighted by Gasteiger charge is 2.12. The minimum atomic E-state index is 0.121. The van der Waals surface area contributed by atoms with E-state index in [1.807, 2.05) is 38.2 Å². The van der Waals surface area contributed by atoms with Crippen LogP contribution in [-0.4, -0.2) is 15.3 Å². The average molecular weight is 228 g/mol. The van der Waals surface area contributed by atoms with Crippen molar-refractivity contribution < 1.29 is 4.79 Å². The fourth-order valence-corrected chi connectivity index (χ4v) is 2.08. The molecule has 0 unspecified atom stereocenters. The molecular formula is C14H16N2O. The first-order chi connectivity index (χ1) is 8.09. The van der Waals surface area contributed by atoms with Gasteiger partial charge in [-0.1, -0.05) is 6.07 Å². The molecule has 0 aliphatic carbocycles. The molecule has 0 bridgehead atoms. The van der Waals surface area contributed by atoms with E-state index in [-0.39, 0.29) is 5.78 Å². The predicted molar refractivity (Wildman–Crippen MR) is 67.2 cm³/mol. The van der Waals surface area contributed by atoms with Crippen LogP contribution in [-0.2, 0) is 6.54 Å². The van der Waals surface area contributed by atoms with Crippen LogP contribution in [0.5, 0.6) is 0 Å². The van der Waals surface area contributed by atoms with Crippen LogP contribution in [0.3, 0.4) is 0 Å². The molecule has 0 aliphatic rings. The van der Waals surface area contributed by atoms with Crippen molar-refractivity contribution in [2.75, 3.05) is 0 Å². The van der Waals surface area contributed by atoms with E-state index in [9.17, 15) is 4.79 Å². The van der Waals surface area contributed by atoms with Crippen LogP contribution in [0.4, 0.5) is 0 Å². The van der Waals surface area contributed by atoms with Gasteiger partial charge in [-0.05, 0) is 38.5 Å². The lowest BCUT2D eigenvalue weighted by molar-refractivity contribution is 0.101. The number of aryl methyl sites for hydroxylation is 1. The van der Waals surface area contributed by atoms with Crippen LogP contribution in [0.1, 0.15) is 34.2 Å². The maximum atomic E-state index is 11.5. The molecule has 0 atom stereocenters. The number of rotatable bonds is 3. The highest BCUT2D eigenvalue weighted by atomic mass is 16.1. The largest absolute Gasteiger partial charge is 0.344 e. The molecule has 0 amide bonds. The lowest BCUT2D eigenvalue weighted by Crippen LogP contribution is -2.05. The Bertz CT molecular complexity index is 541. The molecule has 0 N–H and O–H groups in total. The summed E-state index contributed by atoms with van der Waals surface area (Å²) < 4.78 is 2.15. The third kappa shape index (κ3) is 2.28. The van der Waals surface area contributed by atoms with Gasteiger partial charge in [-0.3, -0.25) is 9.78 Å². The highest BCUT2D eigenvalue weighted by molar-refractivity contribution is 5.95. The lowest BCUT2D eigenvalue weighted by Gasteiger charge is -2.09. The fraction of sp³-hybridized carbons (Fsp3) is 0.286. The van der Waals surface area contributed by atoms with Gasteiger partial charge in [0.1, 0.15) is 0 Å². The zero-order valence-electron chi connectivity index (χ0n) is 10.4. The van der Waals surface area contributed by atoms with Crippen molar-refractivity contribution >= 4 is 5.78 Å². The molecule has 2 aromatic rings. The van der Waals surface area contributed by atoms with Gasteiger partial charge in [0.25, 0.3) is 0 Å².